The fraction of sp³-hybridized carbons (Fsp3) is 0.375. The molecular formula is C24H27F2N9O4. The summed E-state index contributed by atoms with van der Waals surface area (Å²) in [5, 5.41) is 13.3. The van der Waals surface area contributed by atoms with Gasteiger partial charge in [-0.3, -0.25) is 4.90 Å². The van der Waals surface area contributed by atoms with Crippen molar-refractivity contribution in [1.29, 1.82) is 0 Å². The van der Waals surface area contributed by atoms with Crippen molar-refractivity contribution < 1.29 is 27.8 Å². The Bertz CT molecular complexity index is 1470. The van der Waals surface area contributed by atoms with Gasteiger partial charge in [-0.2, -0.15) is 19.5 Å². The monoisotopic (exact) mass is 543 g/mol. The van der Waals surface area contributed by atoms with Gasteiger partial charge < -0.3 is 29.8 Å². The van der Waals surface area contributed by atoms with Crippen LogP contribution in [0.5, 0.6) is 5.75 Å². The maximum atomic E-state index is 14.6. The molecule has 1 aliphatic rings. The number of carboxylic acid groups (broad SMARTS) is 1. The molecule has 39 heavy (non-hydrogen) atoms. The lowest BCUT2D eigenvalue weighted by Gasteiger charge is -2.37. The summed E-state index contributed by atoms with van der Waals surface area (Å²) < 4.78 is 40.6. The lowest BCUT2D eigenvalue weighted by Crippen LogP contribution is -2.48. The zero-order valence-electron chi connectivity index (χ0n) is 21.3. The number of aromatic nitrogens is 5. The zero-order valence-corrected chi connectivity index (χ0v) is 21.3. The lowest BCUT2D eigenvalue weighted by atomic mass is 10.2. The van der Waals surface area contributed by atoms with E-state index in [0.717, 1.165) is 6.07 Å². The van der Waals surface area contributed by atoms with Crippen LogP contribution in [0.15, 0.2) is 34.9 Å². The summed E-state index contributed by atoms with van der Waals surface area (Å²) >= 11 is 0. The zero-order chi connectivity index (χ0) is 27.7. The van der Waals surface area contributed by atoms with E-state index in [0.29, 0.717) is 62.6 Å². The number of nitrogen functional groups attached to an aromatic ring is 1. The number of nitrogens with zero attached hydrogens (tertiary/aromatic N) is 8. The number of rotatable bonds is 9. The Balaban J connectivity index is 1.19. The molecule has 1 aromatic carbocycles. The van der Waals surface area contributed by atoms with E-state index in [1.54, 1.807) is 17.0 Å². The van der Waals surface area contributed by atoms with E-state index in [2.05, 4.69) is 25.0 Å². The summed E-state index contributed by atoms with van der Waals surface area (Å²) in [6.45, 7) is 4.79. The standard InChI is InChI=1S/C24H27F2N9O4/c1-14(21(36)37)39-19-13-17(15(25)12-16(19)26)34-9-7-33(8-10-34)6-5-32(2)23-29-22(27)35-24(30-23)28-20(31-35)18-4-3-11-38-18/h3-4,11-14H,5-10H2,1-2H3,(H,36,37)(H2,27,28,29,30,31). The topological polar surface area (TPSA) is 151 Å². The van der Waals surface area contributed by atoms with Crippen molar-refractivity contribution >= 4 is 29.3 Å². The third kappa shape index (κ3) is 5.52. The minimum atomic E-state index is -1.27. The number of anilines is 3. The Morgan fingerprint density at radius 3 is 2.67 bits per heavy atom. The SMILES string of the molecule is CC(Oc1cc(N2CCN(CCN(C)c3nc(N)n4nc(-c5ccco5)nc4n3)CC2)c(F)cc1F)C(=O)O. The number of aliphatic carboxylic acids is 1. The number of carboxylic acids is 1. The largest absolute Gasteiger partial charge is 0.479 e. The Hall–Kier alpha value is -4.53. The van der Waals surface area contributed by atoms with E-state index in [1.807, 2.05) is 11.9 Å². The van der Waals surface area contributed by atoms with Crippen LogP contribution in [0.25, 0.3) is 17.4 Å². The Morgan fingerprint density at radius 2 is 1.97 bits per heavy atom. The number of nitrogens with two attached hydrogens (primary N) is 1. The molecule has 3 aromatic heterocycles. The first-order valence-corrected chi connectivity index (χ1v) is 12.2. The van der Waals surface area contributed by atoms with Crippen LogP contribution in [0, 0.1) is 11.6 Å². The number of fused-ring (bicyclic) bond motifs is 1. The molecule has 0 aliphatic carbocycles. The van der Waals surface area contributed by atoms with Crippen LogP contribution >= 0.6 is 0 Å². The van der Waals surface area contributed by atoms with Crippen LogP contribution < -0.4 is 20.3 Å². The van der Waals surface area contributed by atoms with Gasteiger partial charge in [-0.25, -0.2) is 13.6 Å². The van der Waals surface area contributed by atoms with Crippen molar-refractivity contribution in [2.24, 2.45) is 0 Å². The van der Waals surface area contributed by atoms with Crippen LogP contribution in [0.1, 0.15) is 6.92 Å². The highest BCUT2D eigenvalue weighted by atomic mass is 19.1. The van der Waals surface area contributed by atoms with Gasteiger partial charge in [-0.05, 0) is 19.1 Å². The molecule has 4 heterocycles. The Labute approximate surface area is 221 Å². The summed E-state index contributed by atoms with van der Waals surface area (Å²) in [5.41, 5.74) is 6.26. The fourth-order valence-corrected chi connectivity index (χ4v) is 4.17. The quantitative estimate of drug-likeness (QED) is 0.316. The molecule has 5 rings (SSSR count). The van der Waals surface area contributed by atoms with Gasteiger partial charge in [0.25, 0.3) is 5.78 Å². The van der Waals surface area contributed by atoms with Gasteiger partial charge in [-0.1, -0.05) is 0 Å². The van der Waals surface area contributed by atoms with Crippen molar-refractivity contribution in [2.75, 3.05) is 61.8 Å². The number of ether oxygens (including phenoxy) is 1. The van der Waals surface area contributed by atoms with E-state index < -0.39 is 23.7 Å². The number of halogens is 2. The first-order chi connectivity index (χ1) is 18.7. The van der Waals surface area contributed by atoms with Gasteiger partial charge >= 0.3 is 5.97 Å². The van der Waals surface area contributed by atoms with Crippen molar-refractivity contribution in [3.05, 3.63) is 42.2 Å². The molecular weight excluding hydrogens is 516 g/mol. The van der Waals surface area contributed by atoms with Crippen molar-refractivity contribution in [2.45, 2.75) is 13.0 Å². The van der Waals surface area contributed by atoms with Gasteiger partial charge in [0.15, 0.2) is 23.4 Å². The average molecular weight is 544 g/mol. The minimum absolute atomic E-state index is 0.142. The second kappa shape index (κ2) is 10.7. The van der Waals surface area contributed by atoms with Gasteiger partial charge in [0.1, 0.15) is 5.82 Å². The Kier molecular flexibility index (Phi) is 7.15. The maximum absolute atomic E-state index is 14.6. The smallest absolute Gasteiger partial charge is 0.344 e. The van der Waals surface area contributed by atoms with E-state index in [1.165, 1.54) is 23.8 Å². The molecule has 15 heteroatoms. The van der Waals surface area contributed by atoms with Crippen molar-refractivity contribution in [1.82, 2.24) is 29.5 Å². The number of furan rings is 1. The molecule has 1 unspecified atom stereocenters. The highest BCUT2D eigenvalue weighted by molar-refractivity contribution is 5.72. The van der Waals surface area contributed by atoms with Crippen LogP contribution in [0.3, 0.4) is 0 Å². The number of piperazine rings is 1. The summed E-state index contributed by atoms with van der Waals surface area (Å²) in [5.74, 6) is -1.54. The van der Waals surface area contributed by atoms with Crippen LogP contribution in [0.2, 0.25) is 0 Å². The van der Waals surface area contributed by atoms with Gasteiger partial charge in [0.05, 0.1) is 12.0 Å². The predicted octanol–water partition coefficient (Wildman–Crippen LogP) is 1.75. The van der Waals surface area contributed by atoms with E-state index >= 15 is 0 Å². The Morgan fingerprint density at radius 1 is 1.21 bits per heavy atom. The summed E-state index contributed by atoms with van der Waals surface area (Å²) in [6.07, 6.45) is 0.259. The number of hydrogen-bond donors (Lipinski definition) is 2. The molecule has 1 atom stereocenters. The van der Waals surface area contributed by atoms with E-state index in [4.69, 9.17) is 20.0 Å². The highest BCUT2D eigenvalue weighted by Gasteiger charge is 2.24. The minimum Gasteiger partial charge on any atom is -0.479 e. The number of likely N-dealkylation sites (N-methyl/N-ethyl adjacent to an activating group) is 1. The molecule has 1 saturated heterocycles. The first kappa shape index (κ1) is 26.1. The van der Waals surface area contributed by atoms with Crippen LogP contribution in [-0.2, 0) is 4.79 Å². The van der Waals surface area contributed by atoms with Crippen molar-refractivity contribution in [3.8, 4) is 17.3 Å². The average Bonchev–Trinajstić information content (AvgIpc) is 3.59. The van der Waals surface area contributed by atoms with E-state index in [9.17, 15) is 13.6 Å². The van der Waals surface area contributed by atoms with Crippen LogP contribution in [0.4, 0.5) is 26.4 Å². The van der Waals surface area contributed by atoms with Gasteiger partial charge in [0, 0.05) is 58.4 Å². The summed E-state index contributed by atoms with van der Waals surface area (Å²) in [6, 6.07) is 5.41. The molecule has 0 amide bonds. The molecule has 3 N–H and O–H groups in total. The maximum Gasteiger partial charge on any atom is 0.344 e. The second-order valence-electron chi connectivity index (χ2n) is 9.09. The molecule has 4 aromatic rings. The third-order valence-corrected chi connectivity index (χ3v) is 6.42. The fourth-order valence-electron chi connectivity index (χ4n) is 4.17. The highest BCUT2D eigenvalue weighted by Crippen LogP contribution is 2.30. The first-order valence-electron chi connectivity index (χ1n) is 12.2. The number of benzene rings is 1. The predicted molar refractivity (Wildman–Crippen MR) is 137 cm³/mol. The molecule has 13 nitrogen and oxygen atoms in total. The third-order valence-electron chi connectivity index (χ3n) is 6.42. The number of carbonyl (C=O) groups is 1. The molecule has 0 bridgehead atoms. The molecule has 0 spiro atoms. The van der Waals surface area contributed by atoms with Gasteiger partial charge in [-0.15, -0.1) is 5.10 Å². The van der Waals surface area contributed by atoms with Crippen molar-refractivity contribution in [3.63, 3.8) is 0 Å². The van der Waals surface area contributed by atoms with E-state index in [-0.39, 0.29) is 17.4 Å². The van der Waals surface area contributed by atoms with Gasteiger partial charge in [0.2, 0.25) is 17.7 Å². The molecule has 1 fully saturated rings. The second-order valence-corrected chi connectivity index (χ2v) is 9.09. The van der Waals surface area contributed by atoms with Crippen LogP contribution in [-0.4, -0.2) is 93.0 Å². The molecule has 0 saturated carbocycles. The molecule has 1 aliphatic heterocycles. The summed E-state index contributed by atoms with van der Waals surface area (Å²) in [4.78, 5) is 30.1. The summed E-state index contributed by atoms with van der Waals surface area (Å²) in [7, 11) is 1.85. The number of hydrogen-bond acceptors (Lipinski definition) is 11. The normalized spacial score (nSPS) is 15.0. The lowest BCUT2D eigenvalue weighted by molar-refractivity contribution is -0.144. The molecule has 0 radical (unpaired) electrons. The molecule has 206 valence electrons.